The van der Waals surface area contributed by atoms with Crippen LogP contribution in [0.5, 0.6) is 5.75 Å². The molecular weight excluding hydrogens is 452 g/mol. The van der Waals surface area contributed by atoms with Crippen molar-refractivity contribution in [3.05, 3.63) is 42.6 Å². The highest BCUT2D eigenvalue weighted by Gasteiger charge is 2.20. The van der Waals surface area contributed by atoms with Gasteiger partial charge in [-0.25, -0.2) is 13.4 Å². The summed E-state index contributed by atoms with van der Waals surface area (Å²) in [7, 11) is -3.88. The van der Waals surface area contributed by atoms with Crippen molar-refractivity contribution in [1.82, 2.24) is 4.98 Å². The van der Waals surface area contributed by atoms with E-state index >= 15 is 0 Å². The van der Waals surface area contributed by atoms with Gasteiger partial charge < -0.3 is 15.0 Å². The van der Waals surface area contributed by atoms with Crippen molar-refractivity contribution in [2.24, 2.45) is 5.92 Å². The van der Waals surface area contributed by atoms with Crippen molar-refractivity contribution in [2.45, 2.75) is 51.4 Å². The van der Waals surface area contributed by atoms with E-state index in [2.05, 4.69) is 19.9 Å². The van der Waals surface area contributed by atoms with Crippen molar-refractivity contribution >= 4 is 33.1 Å². The maximum Gasteiger partial charge on any atom is 0.242 e. The van der Waals surface area contributed by atoms with Crippen LogP contribution in [0.4, 0.5) is 17.2 Å². The molecule has 1 amide bonds. The number of sulfonamides is 1. The van der Waals surface area contributed by atoms with Crippen molar-refractivity contribution < 1.29 is 17.9 Å². The molecule has 1 aromatic carbocycles. The van der Waals surface area contributed by atoms with E-state index in [4.69, 9.17) is 4.74 Å². The minimum absolute atomic E-state index is 0.240. The molecule has 4 rings (SSSR count). The number of rotatable bonds is 9. The first-order valence-electron chi connectivity index (χ1n) is 12.2. The van der Waals surface area contributed by atoms with E-state index in [0.717, 1.165) is 31.6 Å². The predicted molar refractivity (Wildman–Crippen MR) is 135 cm³/mol. The number of amides is 1. The third-order valence-corrected chi connectivity index (χ3v) is 7.60. The van der Waals surface area contributed by atoms with Crippen LogP contribution in [-0.4, -0.2) is 44.8 Å². The fraction of sp³-hybridized carbons (Fsp3) is 0.520. The molecule has 2 fully saturated rings. The maximum absolute atomic E-state index is 12.6. The van der Waals surface area contributed by atoms with Gasteiger partial charge in [-0.2, -0.15) is 0 Å². The summed E-state index contributed by atoms with van der Waals surface area (Å²) in [6, 6.07) is 10.8. The Hall–Kier alpha value is -2.81. The third kappa shape index (κ3) is 7.09. The van der Waals surface area contributed by atoms with Gasteiger partial charge in [-0.15, -0.1) is 0 Å². The van der Waals surface area contributed by atoms with Gasteiger partial charge in [-0.3, -0.25) is 9.52 Å². The number of aromatic nitrogens is 1. The number of hydrogen-bond acceptors (Lipinski definition) is 6. The summed E-state index contributed by atoms with van der Waals surface area (Å²) >= 11 is 0. The Morgan fingerprint density at radius 3 is 2.44 bits per heavy atom. The van der Waals surface area contributed by atoms with Gasteiger partial charge in [0.25, 0.3) is 0 Å². The number of nitrogens with zero attached hydrogens (tertiary/aromatic N) is 2. The zero-order chi connectivity index (χ0) is 23.8. The second-order valence-electron chi connectivity index (χ2n) is 9.17. The fourth-order valence-electron chi connectivity index (χ4n) is 4.61. The summed E-state index contributed by atoms with van der Waals surface area (Å²) in [5.41, 5.74) is 1.51. The molecule has 9 heteroatoms. The first-order chi connectivity index (χ1) is 16.5. The van der Waals surface area contributed by atoms with Gasteiger partial charge in [-0.1, -0.05) is 19.3 Å². The van der Waals surface area contributed by atoms with Crippen molar-refractivity contribution in [3.63, 3.8) is 0 Å². The SMILES string of the molecule is O=C(CS(=O)(=O)Nc1ccc(N2CCCCC2)cc1)Nc1ncccc1OCC1CCCCC1. The lowest BCUT2D eigenvalue weighted by molar-refractivity contribution is -0.113. The number of hydrogen-bond donors (Lipinski definition) is 2. The first kappa shape index (κ1) is 24.3. The molecule has 2 aromatic rings. The lowest BCUT2D eigenvalue weighted by Gasteiger charge is -2.28. The molecule has 1 saturated carbocycles. The molecule has 2 aliphatic rings. The van der Waals surface area contributed by atoms with Crippen LogP contribution in [0.25, 0.3) is 0 Å². The van der Waals surface area contributed by atoms with E-state index in [0.29, 0.717) is 24.0 Å². The van der Waals surface area contributed by atoms with Gasteiger partial charge in [0.05, 0.1) is 6.61 Å². The molecule has 8 nitrogen and oxygen atoms in total. The average Bonchev–Trinajstić information content (AvgIpc) is 2.84. The first-order valence-corrected chi connectivity index (χ1v) is 13.9. The van der Waals surface area contributed by atoms with E-state index < -0.39 is 21.7 Å². The van der Waals surface area contributed by atoms with Crippen molar-refractivity contribution in [1.29, 1.82) is 0 Å². The maximum atomic E-state index is 12.6. The van der Waals surface area contributed by atoms with Crippen LogP contribution in [0.15, 0.2) is 42.6 Å². The molecule has 1 saturated heterocycles. The van der Waals surface area contributed by atoms with E-state index in [1.54, 1.807) is 30.5 Å². The summed E-state index contributed by atoms with van der Waals surface area (Å²) in [5, 5.41) is 2.59. The van der Waals surface area contributed by atoms with Crippen LogP contribution in [-0.2, 0) is 14.8 Å². The molecule has 2 heterocycles. The molecule has 0 atom stereocenters. The minimum atomic E-state index is -3.88. The average molecular weight is 487 g/mol. The molecule has 0 radical (unpaired) electrons. The molecular formula is C25H34N4O4S. The smallest absolute Gasteiger partial charge is 0.242 e. The summed E-state index contributed by atoms with van der Waals surface area (Å²) in [6.45, 7) is 2.61. The number of carbonyl (C=O) groups excluding carboxylic acids is 1. The number of nitrogens with one attached hydrogen (secondary N) is 2. The van der Waals surface area contributed by atoms with E-state index in [1.165, 1.54) is 38.5 Å². The quantitative estimate of drug-likeness (QED) is 0.545. The standard InChI is InChI=1S/C25H34N4O4S/c30-24(27-25-23(10-7-15-26-25)33-18-20-8-3-1-4-9-20)19-34(31,32)28-21-11-13-22(14-12-21)29-16-5-2-6-17-29/h7,10-15,20,28H,1-6,8-9,16-19H2,(H,26,27,30). The minimum Gasteiger partial charge on any atom is -0.489 e. The number of ether oxygens (including phenoxy) is 1. The van der Waals surface area contributed by atoms with Crippen LogP contribution in [0.3, 0.4) is 0 Å². The van der Waals surface area contributed by atoms with Gasteiger partial charge in [0.15, 0.2) is 11.6 Å². The number of anilines is 3. The normalized spacial score (nSPS) is 17.2. The molecule has 0 spiro atoms. The second-order valence-corrected chi connectivity index (χ2v) is 10.9. The molecule has 1 aromatic heterocycles. The summed E-state index contributed by atoms with van der Waals surface area (Å²) in [4.78, 5) is 19.0. The number of piperidine rings is 1. The Bertz CT molecular complexity index is 1050. The molecule has 184 valence electrons. The lowest BCUT2D eigenvalue weighted by Crippen LogP contribution is -2.29. The topological polar surface area (TPSA) is 101 Å². The highest BCUT2D eigenvalue weighted by molar-refractivity contribution is 7.93. The lowest BCUT2D eigenvalue weighted by atomic mass is 9.90. The summed E-state index contributed by atoms with van der Waals surface area (Å²) < 4.78 is 33.5. The van der Waals surface area contributed by atoms with Crippen LogP contribution in [0, 0.1) is 5.92 Å². The highest BCUT2D eigenvalue weighted by Crippen LogP contribution is 2.27. The Morgan fingerprint density at radius 2 is 1.71 bits per heavy atom. The van der Waals surface area contributed by atoms with Crippen LogP contribution in [0.1, 0.15) is 51.4 Å². The monoisotopic (exact) mass is 486 g/mol. The molecule has 0 bridgehead atoms. The van der Waals surface area contributed by atoms with Gasteiger partial charge in [-0.05, 0) is 74.4 Å². The zero-order valence-corrected chi connectivity index (χ0v) is 20.4. The Morgan fingerprint density at radius 1 is 1.00 bits per heavy atom. The number of benzene rings is 1. The highest BCUT2D eigenvalue weighted by atomic mass is 32.2. The van der Waals surface area contributed by atoms with Crippen LogP contribution >= 0.6 is 0 Å². The Balaban J connectivity index is 1.30. The van der Waals surface area contributed by atoms with E-state index in [9.17, 15) is 13.2 Å². The van der Waals surface area contributed by atoms with Gasteiger partial charge in [0.2, 0.25) is 15.9 Å². The van der Waals surface area contributed by atoms with Crippen molar-refractivity contribution in [2.75, 3.05) is 40.4 Å². The second kappa shape index (κ2) is 11.6. The summed E-state index contributed by atoms with van der Waals surface area (Å²) in [6.07, 6.45) is 11.1. The summed E-state index contributed by atoms with van der Waals surface area (Å²) in [5.74, 6) is -0.175. The Kier molecular flexibility index (Phi) is 8.26. The van der Waals surface area contributed by atoms with Gasteiger partial charge >= 0.3 is 0 Å². The van der Waals surface area contributed by atoms with E-state index in [-0.39, 0.29) is 5.82 Å². The molecule has 1 aliphatic carbocycles. The fourth-order valence-corrected chi connectivity index (χ4v) is 5.60. The number of pyridine rings is 1. The largest absolute Gasteiger partial charge is 0.489 e. The number of carbonyl (C=O) groups is 1. The van der Waals surface area contributed by atoms with Crippen molar-refractivity contribution in [3.8, 4) is 5.75 Å². The third-order valence-electron chi connectivity index (χ3n) is 6.41. The molecule has 34 heavy (non-hydrogen) atoms. The molecule has 0 unspecified atom stereocenters. The van der Waals surface area contributed by atoms with Crippen LogP contribution < -0.4 is 19.7 Å². The van der Waals surface area contributed by atoms with E-state index in [1.807, 2.05) is 12.1 Å². The molecule has 1 aliphatic heterocycles. The zero-order valence-electron chi connectivity index (χ0n) is 19.5. The van der Waals surface area contributed by atoms with Gasteiger partial charge in [0.1, 0.15) is 5.75 Å². The van der Waals surface area contributed by atoms with Gasteiger partial charge in [0, 0.05) is 30.7 Å². The van der Waals surface area contributed by atoms with Crippen LogP contribution in [0.2, 0.25) is 0 Å². The molecule has 2 N–H and O–H groups in total. The Labute approximate surface area is 202 Å². The predicted octanol–water partition coefficient (Wildman–Crippen LogP) is 4.41.